The third-order valence-corrected chi connectivity index (χ3v) is 2.32. The Morgan fingerprint density at radius 1 is 1.50 bits per heavy atom. The summed E-state index contributed by atoms with van der Waals surface area (Å²) in [5, 5.41) is 6.03. The molecule has 1 aromatic heterocycles. The van der Waals surface area contributed by atoms with Crippen LogP contribution in [0.3, 0.4) is 0 Å². The number of rotatable bonds is 6. The third kappa shape index (κ3) is 4.33. The molecule has 1 amide bonds. The predicted octanol–water partition coefficient (Wildman–Crippen LogP) is 1.67. The summed E-state index contributed by atoms with van der Waals surface area (Å²) in [5.74, 6) is -0.161. The van der Waals surface area contributed by atoms with Crippen LogP contribution in [0.15, 0.2) is 18.3 Å². The van der Waals surface area contributed by atoms with Gasteiger partial charge < -0.3 is 15.4 Å². The molecule has 1 aromatic rings. The van der Waals surface area contributed by atoms with Crippen LogP contribution in [0.1, 0.15) is 31.3 Å². The summed E-state index contributed by atoms with van der Waals surface area (Å²) in [4.78, 5) is 15.7. The Bertz CT molecular complexity index is 405. The van der Waals surface area contributed by atoms with Gasteiger partial charge in [0.05, 0.1) is 12.1 Å². The van der Waals surface area contributed by atoms with Crippen LogP contribution >= 0.6 is 0 Å². The van der Waals surface area contributed by atoms with Crippen molar-refractivity contribution < 1.29 is 9.53 Å². The van der Waals surface area contributed by atoms with Gasteiger partial charge in [0.2, 0.25) is 0 Å². The number of nitrogens with zero attached hydrogens (tertiary/aromatic N) is 1. The van der Waals surface area contributed by atoms with Crippen molar-refractivity contribution in [2.45, 2.75) is 26.3 Å². The molecule has 0 saturated carbocycles. The smallest absolute Gasteiger partial charge is 0.269 e. The molecular formula is C13H21N3O2. The lowest BCUT2D eigenvalue weighted by Gasteiger charge is -2.26. The highest BCUT2D eigenvalue weighted by atomic mass is 16.5. The van der Waals surface area contributed by atoms with E-state index in [9.17, 15) is 4.79 Å². The molecule has 0 saturated heterocycles. The minimum absolute atomic E-state index is 0.161. The van der Waals surface area contributed by atoms with Gasteiger partial charge in [0.1, 0.15) is 5.69 Å². The molecule has 0 aliphatic rings. The fourth-order valence-electron chi connectivity index (χ4n) is 1.67. The fraction of sp³-hybridized carbons (Fsp3) is 0.538. The number of anilines is 1. The molecule has 0 bridgehead atoms. The number of aromatic nitrogens is 1. The highest BCUT2D eigenvalue weighted by molar-refractivity contribution is 5.93. The Kier molecular flexibility index (Phi) is 5.09. The second kappa shape index (κ2) is 6.35. The fourth-order valence-corrected chi connectivity index (χ4v) is 1.67. The first-order valence-electron chi connectivity index (χ1n) is 6.00. The lowest BCUT2D eigenvalue weighted by atomic mass is 10.1. The van der Waals surface area contributed by atoms with E-state index in [1.54, 1.807) is 19.4 Å². The minimum atomic E-state index is -0.200. The number of ether oxygens (including phenoxy) is 1. The van der Waals surface area contributed by atoms with Crippen molar-refractivity contribution in [3.8, 4) is 0 Å². The molecule has 5 heteroatoms. The van der Waals surface area contributed by atoms with Gasteiger partial charge in [-0.25, -0.2) is 0 Å². The van der Waals surface area contributed by atoms with Crippen molar-refractivity contribution in [2.75, 3.05) is 25.6 Å². The molecule has 0 atom stereocenters. The van der Waals surface area contributed by atoms with E-state index < -0.39 is 0 Å². The summed E-state index contributed by atoms with van der Waals surface area (Å²) in [6.45, 7) is 7.10. The summed E-state index contributed by atoms with van der Waals surface area (Å²) in [6.07, 6.45) is 1.62. The van der Waals surface area contributed by atoms with Crippen molar-refractivity contribution in [1.29, 1.82) is 0 Å². The van der Waals surface area contributed by atoms with Crippen molar-refractivity contribution in [3.05, 3.63) is 24.0 Å². The van der Waals surface area contributed by atoms with Gasteiger partial charge >= 0.3 is 0 Å². The Morgan fingerprint density at radius 2 is 2.22 bits per heavy atom. The first-order chi connectivity index (χ1) is 8.48. The Labute approximate surface area is 108 Å². The first kappa shape index (κ1) is 14.4. The Balaban J connectivity index is 2.79. The monoisotopic (exact) mass is 251 g/mol. The molecule has 0 aliphatic heterocycles. The molecule has 1 heterocycles. The topological polar surface area (TPSA) is 63.2 Å². The first-order valence-corrected chi connectivity index (χ1v) is 6.00. The maximum Gasteiger partial charge on any atom is 0.269 e. The Hall–Kier alpha value is -1.62. The molecule has 0 radical (unpaired) electrons. The highest BCUT2D eigenvalue weighted by Gasteiger charge is 2.17. The Morgan fingerprint density at radius 3 is 2.83 bits per heavy atom. The van der Waals surface area contributed by atoms with Crippen LogP contribution in [-0.2, 0) is 4.74 Å². The molecule has 0 unspecified atom stereocenters. The summed E-state index contributed by atoms with van der Waals surface area (Å²) >= 11 is 0. The van der Waals surface area contributed by atoms with Crippen LogP contribution in [0, 0.1) is 0 Å². The molecule has 5 nitrogen and oxygen atoms in total. The van der Waals surface area contributed by atoms with Gasteiger partial charge in [0.25, 0.3) is 5.91 Å². The SMILES string of the molecule is CCNC(=O)c1cc(NC(C)(C)COC)ccn1. The van der Waals surface area contributed by atoms with Gasteiger partial charge in [0.15, 0.2) is 0 Å². The summed E-state index contributed by atoms with van der Waals surface area (Å²) in [7, 11) is 1.66. The number of carbonyl (C=O) groups is 1. The lowest BCUT2D eigenvalue weighted by molar-refractivity contribution is 0.0951. The van der Waals surface area contributed by atoms with Crippen LogP contribution in [0.2, 0.25) is 0 Å². The summed E-state index contributed by atoms with van der Waals surface area (Å²) in [5.41, 5.74) is 1.07. The van der Waals surface area contributed by atoms with Gasteiger partial charge in [-0.3, -0.25) is 9.78 Å². The van der Waals surface area contributed by atoms with E-state index in [2.05, 4.69) is 15.6 Å². The molecule has 0 spiro atoms. The van der Waals surface area contributed by atoms with Gasteiger partial charge in [-0.05, 0) is 32.9 Å². The van der Waals surface area contributed by atoms with E-state index in [4.69, 9.17) is 4.74 Å². The lowest BCUT2D eigenvalue weighted by Crippen LogP contribution is -2.36. The molecule has 2 N–H and O–H groups in total. The van der Waals surface area contributed by atoms with E-state index in [1.165, 1.54) is 0 Å². The quantitative estimate of drug-likeness (QED) is 0.807. The van der Waals surface area contributed by atoms with Crippen LogP contribution in [0.4, 0.5) is 5.69 Å². The number of methoxy groups -OCH3 is 1. The van der Waals surface area contributed by atoms with Gasteiger partial charge in [-0.15, -0.1) is 0 Å². The predicted molar refractivity (Wildman–Crippen MR) is 71.8 cm³/mol. The number of amides is 1. The zero-order valence-electron chi connectivity index (χ0n) is 11.4. The highest BCUT2D eigenvalue weighted by Crippen LogP contribution is 2.15. The standard InChI is InChI=1S/C13H21N3O2/c1-5-14-12(17)11-8-10(6-7-15-11)16-13(2,3)9-18-4/h6-8H,5,9H2,1-4H3,(H,14,17)(H,15,16). The maximum absolute atomic E-state index is 11.7. The average molecular weight is 251 g/mol. The molecule has 18 heavy (non-hydrogen) atoms. The van der Waals surface area contributed by atoms with Gasteiger partial charge in [-0.1, -0.05) is 0 Å². The third-order valence-electron chi connectivity index (χ3n) is 2.32. The molecule has 100 valence electrons. The zero-order valence-corrected chi connectivity index (χ0v) is 11.4. The number of pyridine rings is 1. The van der Waals surface area contributed by atoms with Crippen molar-refractivity contribution in [3.63, 3.8) is 0 Å². The van der Waals surface area contributed by atoms with Gasteiger partial charge in [-0.2, -0.15) is 0 Å². The molecular weight excluding hydrogens is 230 g/mol. The van der Waals surface area contributed by atoms with E-state index >= 15 is 0 Å². The molecule has 0 aliphatic carbocycles. The van der Waals surface area contributed by atoms with E-state index in [0.29, 0.717) is 18.8 Å². The van der Waals surface area contributed by atoms with Crippen LogP contribution in [0.5, 0.6) is 0 Å². The van der Waals surface area contributed by atoms with Crippen LogP contribution in [-0.4, -0.2) is 36.7 Å². The van der Waals surface area contributed by atoms with E-state index in [0.717, 1.165) is 5.69 Å². The largest absolute Gasteiger partial charge is 0.382 e. The summed E-state index contributed by atoms with van der Waals surface area (Å²) < 4.78 is 5.14. The summed E-state index contributed by atoms with van der Waals surface area (Å²) in [6, 6.07) is 3.57. The van der Waals surface area contributed by atoms with Crippen LogP contribution in [0.25, 0.3) is 0 Å². The van der Waals surface area contributed by atoms with Crippen molar-refractivity contribution >= 4 is 11.6 Å². The zero-order chi connectivity index (χ0) is 13.6. The average Bonchev–Trinajstić information content (AvgIpc) is 2.28. The number of hydrogen-bond acceptors (Lipinski definition) is 4. The number of nitrogens with one attached hydrogen (secondary N) is 2. The van der Waals surface area contributed by atoms with Crippen LogP contribution < -0.4 is 10.6 Å². The maximum atomic E-state index is 11.7. The number of carbonyl (C=O) groups excluding carboxylic acids is 1. The van der Waals surface area contributed by atoms with Gasteiger partial charge in [0, 0.05) is 25.5 Å². The second-order valence-electron chi connectivity index (χ2n) is 4.73. The van der Waals surface area contributed by atoms with E-state index in [-0.39, 0.29) is 11.4 Å². The van der Waals surface area contributed by atoms with E-state index in [1.807, 2.05) is 26.8 Å². The molecule has 1 rings (SSSR count). The normalized spacial score (nSPS) is 11.1. The minimum Gasteiger partial charge on any atom is -0.382 e. The molecule has 0 fully saturated rings. The number of hydrogen-bond donors (Lipinski definition) is 2. The van der Waals surface area contributed by atoms with Crippen molar-refractivity contribution in [2.24, 2.45) is 0 Å². The van der Waals surface area contributed by atoms with Crippen molar-refractivity contribution in [1.82, 2.24) is 10.3 Å². The molecule has 0 aromatic carbocycles. The second-order valence-corrected chi connectivity index (χ2v) is 4.73.